The summed E-state index contributed by atoms with van der Waals surface area (Å²) in [6.45, 7) is 0.326. The van der Waals surface area contributed by atoms with E-state index in [4.69, 9.17) is 5.84 Å². The van der Waals surface area contributed by atoms with Crippen LogP contribution in [0.2, 0.25) is 0 Å². The average Bonchev–Trinajstić information content (AvgIpc) is 1.87. The van der Waals surface area contributed by atoms with Crippen LogP contribution in [0.15, 0.2) is 0 Å². The van der Waals surface area contributed by atoms with Crippen molar-refractivity contribution in [2.45, 2.75) is 18.4 Å². The third-order valence-electron chi connectivity index (χ3n) is 1.68. The molecule has 0 saturated carbocycles. The Morgan fingerprint density at radius 1 is 1.42 bits per heavy atom. The van der Waals surface area contributed by atoms with Crippen LogP contribution in [0.1, 0.15) is 6.42 Å². The van der Waals surface area contributed by atoms with Gasteiger partial charge in [-0.3, -0.25) is 11.3 Å². The molecule has 0 bridgehead atoms. The highest BCUT2D eigenvalue weighted by Gasteiger charge is 2.40. The first kappa shape index (κ1) is 14.8. The summed E-state index contributed by atoms with van der Waals surface area (Å²) in [4.78, 5) is 0. The number of hydrazine groups is 1. The molecule has 1 aliphatic heterocycles. The predicted molar refractivity (Wildman–Crippen MR) is 48.0 cm³/mol. The summed E-state index contributed by atoms with van der Waals surface area (Å²) in [5.74, 6) is 2.22. The number of rotatable bonds is 1. The molecule has 0 aromatic heterocycles. The maximum absolute atomic E-state index is 12.7. The van der Waals surface area contributed by atoms with E-state index >= 15 is 0 Å². The minimum absolute atomic E-state index is 0. The SMILES string of the molecule is Cl.Cl.NNC1CCNCC1(F)F. The lowest BCUT2D eigenvalue weighted by atomic mass is 10.0. The molecule has 12 heavy (non-hydrogen) atoms. The van der Waals surface area contributed by atoms with Gasteiger partial charge in [-0.25, -0.2) is 8.78 Å². The van der Waals surface area contributed by atoms with Crippen molar-refractivity contribution in [2.75, 3.05) is 13.1 Å². The predicted octanol–water partition coefficient (Wildman–Crippen LogP) is 0.290. The molecule has 1 fully saturated rings. The van der Waals surface area contributed by atoms with Crippen molar-refractivity contribution in [3.8, 4) is 0 Å². The summed E-state index contributed by atoms with van der Waals surface area (Å²) in [6.07, 6.45) is 0.378. The zero-order chi connectivity index (χ0) is 7.61. The maximum Gasteiger partial charge on any atom is 0.276 e. The normalized spacial score (nSPS) is 26.8. The van der Waals surface area contributed by atoms with E-state index in [9.17, 15) is 8.78 Å². The molecule has 0 amide bonds. The van der Waals surface area contributed by atoms with Crippen LogP contribution in [-0.2, 0) is 0 Å². The van der Waals surface area contributed by atoms with Gasteiger partial charge in [0.15, 0.2) is 0 Å². The number of hydrogen-bond donors (Lipinski definition) is 3. The van der Waals surface area contributed by atoms with E-state index in [0.717, 1.165) is 0 Å². The fourth-order valence-electron chi connectivity index (χ4n) is 1.04. The Morgan fingerprint density at radius 3 is 2.33 bits per heavy atom. The van der Waals surface area contributed by atoms with Crippen molar-refractivity contribution in [3.05, 3.63) is 0 Å². The van der Waals surface area contributed by atoms with Crippen LogP contribution in [0.4, 0.5) is 8.78 Å². The van der Waals surface area contributed by atoms with Crippen LogP contribution < -0.4 is 16.6 Å². The molecule has 1 heterocycles. The lowest BCUT2D eigenvalue weighted by molar-refractivity contribution is -0.0511. The first-order valence-corrected chi connectivity index (χ1v) is 3.21. The molecule has 0 aliphatic carbocycles. The van der Waals surface area contributed by atoms with E-state index < -0.39 is 12.0 Å². The average molecular weight is 224 g/mol. The van der Waals surface area contributed by atoms with Crippen molar-refractivity contribution < 1.29 is 8.78 Å². The number of nitrogens with two attached hydrogens (primary N) is 1. The highest BCUT2D eigenvalue weighted by atomic mass is 35.5. The second-order valence-corrected chi connectivity index (χ2v) is 2.45. The fourth-order valence-corrected chi connectivity index (χ4v) is 1.04. The molecule has 76 valence electrons. The van der Waals surface area contributed by atoms with Gasteiger partial charge in [-0.15, -0.1) is 24.8 Å². The van der Waals surface area contributed by atoms with Gasteiger partial charge in [-0.05, 0) is 13.0 Å². The lowest BCUT2D eigenvalue weighted by Crippen LogP contribution is -2.57. The highest BCUT2D eigenvalue weighted by molar-refractivity contribution is 5.85. The van der Waals surface area contributed by atoms with Crippen LogP contribution in [0.25, 0.3) is 0 Å². The van der Waals surface area contributed by atoms with Crippen molar-refractivity contribution in [2.24, 2.45) is 5.84 Å². The van der Waals surface area contributed by atoms with Crippen molar-refractivity contribution in [3.63, 3.8) is 0 Å². The first-order chi connectivity index (χ1) is 4.67. The smallest absolute Gasteiger partial charge is 0.276 e. The number of piperidine rings is 1. The van der Waals surface area contributed by atoms with E-state index in [-0.39, 0.29) is 31.4 Å². The van der Waals surface area contributed by atoms with Crippen molar-refractivity contribution >= 4 is 24.8 Å². The van der Waals surface area contributed by atoms with Crippen molar-refractivity contribution in [1.82, 2.24) is 10.7 Å². The van der Waals surface area contributed by atoms with Crippen LogP contribution >= 0.6 is 24.8 Å². The number of nitrogens with one attached hydrogen (secondary N) is 2. The number of halogens is 4. The topological polar surface area (TPSA) is 50.1 Å². The highest BCUT2D eigenvalue weighted by Crippen LogP contribution is 2.21. The second kappa shape index (κ2) is 5.88. The van der Waals surface area contributed by atoms with Gasteiger partial charge < -0.3 is 5.32 Å². The molecular weight excluding hydrogens is 211 g/mol. The Balaban J connectivity index is 0. The molecule has 1 saturated heterocycles. The molecule has 0 spiro atoms. The summed E-state index contributed by atoms with van der Waals surface area (Å²) in [7, 11) is 0. The van der Waals surface area contributed by atoms with Crippen LogP contribution in [0, 0.1) is 0 Å². The number of alkyl halides is 2. The fraction of sp³-hybridized carbons (Fsp3) is 1.00. The van der Waals surface area contributed by atoms with Gasteiger partial charge in [0.25, 0.3) is 5.92 Å². The van der Waals surface area contributed by atoms with E-state index in [1.165, 1.54) is 0 Å². The standard InChI is InChI=1S/C5H11F2N3.2ClH/c6-5(7)3-9-2-1-4(5)10-8;;/h4,9-10H,1-3,8H2;2*1H. The van der Waals surface area contributed by atoms with E-state index in [1.54, 1.807) is 0 Å². The molecule has 1 unspecified atom stereocenters. The molecule has 1 atom stereocenters. The zero-order valence-electron chi connectivity index (χ0n) is 6.35. The molecule has 0 aromatic carbocycles. The van der Waals surface area contributed by atoms with Crippen LogP contribution in [-0.4, -0.2) is 25.1 Å². The molecule has 0 aromatic rings. The summed E-state index contributed by atoms with van der Waals surface area (Å²) in [6, 6.07) is -0.867. The monoisotopic (exact) mass is 223 g/mol. The molecule has 1 rings (SSSR count). The summed E-state index contributed by atoms with van der Waals surface area (Å²) in [5, 5.41) is 2.59. The molecule has 7 heteroatoms. The largest absolute Gasteiger partial charge is 0.311 e. The Kier molecular flexibility index (Phi) is 7.26. The summed E-state index contributed by atoms with van der Waals surface area (Å²) in [5.41, 5.74) is 2.10. The molecule has 4 N–H and O–H groups in total. The minimum atomic E-state index is -2.70. The summed E-state index contributed by atoms with van der Waals surface area (Å²) >= 11 is 0. The Bertz CT molecular complexity index is 125. The summed E-state index contributed by atoms with van der Waals surface area (Å²) < 4.78 is 25.3. The van der Waals surface area contributed by atoms with Gasteiger partial charge in [-0.1, -0.05) is 0 Å². The zero-order valence-corrected chi connectivity index (χ0v) is 7.98. The van der Waals surface area contributed by atoms with Gasteiger partial charge >= 0.3 is 0 Å². The van der Waals surface area contributed by atoms with Gasteiger partial charge in [0.2, 0.25) is 0 Å². The van der Waals surface area contributed by atoms with E-state index in [2.05, 4.69) is 10.7 Å². The molecular formula is C5H13Cl2F2N3. The van der Waals surface area contributed by atoms with Crippen molar-refractivity contribution in [1.29, 1.82) is 0 Å². The van der Waals surface area contributed by atoms with E-state index in [0.29, 0.717) is 13.0 Å². The van der Waals surface area contributed by atoms with Gasteiger partial charge in [0.1, 0.15) is 0 Å². The minimum Gasteiger partial charge on any atom is -0.311 e. The Labute approximate surface area is 82.2 Å². The second-order valence-electron chi connectivity index (χ2n) is 2.45. The van der Waals surface area contributed by atoms with Crippen LogP contribution in [0.3, 0.4) is 0 Å². The van der Waals surface area contributed by atoms with Gasteiger partial charge in [0.05, 0.1) is 12.6 Å². The third kappa shape index (κ3) is 3.37. The number of hydrogen-bond acceptors (Lipinski definition) is 3. The Hall–Kier alpha value is 0.320. The maximum atomic E-state index is 12.7. The molecule has 1 aliphatic rings. The first-order valence-electron chi connectivity index (χ1n) is 3.21. The Morgan fingerprint density at radius 2 is 2.00 bits per heavy atom. The molecule has 3 nitrogen and oxygen atoms in total. The van der Waals surface area contributed by atoms with Gasteiger partial charge in [0, 0.05) is 0 Å². The third-order valence-corrected chi connectivity index (χ3v) is 1.68. The molecule has 0 radical (unpaired) electrons. The van der Waals surface area contributed by atoms with E-state index in [1.807, 2.05) is 0 Å². The quantitative estimate of drug-likeness (QED) is 0.443. The lowest BCUT2D eigenvalue weighted by Gasteiger charge is -2.30. The van der Waals surface area contributed by atoms with Gasteiger partial charge in [-0.2, -0.15) is 0 Å². The van der Waals surface area contributed by atoms with Crippen LogP contribution in [0.5, 0.6) is 0 Å².